The fourth-order valence-corrected chi connectivity index (χ4v) is 3.83. The Bertz CT molecular complexity index is 997. The van der Waals surface area contributed by atoms with Crippen LogP contribution in [0.1, 0.15) is 51.5 Å². The fourth-order valence-electron chi connectivity index (χ4n) is 3.83. The number of aromatic hydroxyl groups is 1. The summed E-state index contributed by atoms with van der Waals surface area (Å²) in [4.78, 5) is 54.7. The maximum Gasteiger partial charge on any atom is 0.326 e. The third-order valence-electron chi connectivity index (χ3n) is 6.12. The average Bonchev–Trinajstić information content (AvgIpc) is 2.88. The van der Waals surface area contributed by atoms with Gasteiger partial charge in [0.25, 0.3) is 0 Å². The molecule has 4 unspecified atom stereocenters. The Balaban J connectivity index is 2.98. The summed E-state index contributed by atoms with van der Waals surface area (Å²) in [5, 5.41) is 26.7. The number of nitrogens with two attached hydrogens (primary N) is 4. The zero-order valence-electron chi connectivity index (χ0n) is 23.1. The molecule has 4 atom stereocenters. The first-order valence-electron chi connectivity index (χ1n) is 13.3. The quantitative estimate of drug-likeness (QED) is 0.0574. The average molecular weight is 565 g/mol. The molecule has 1 aromatic carbocycles. The van der Waals surface area contributed by atoms with Gasteiger partial charge in [0.2, 0.25) is 17.7 Å². The number of benzene rings is 1. The number of amides is 3. The maximum atomic E-state index is 13.3. The van der Waals surface area contributed by atoms with Gasteiger partial charge in [-0.05, 0) is 68.7 Å². The van der Waals surface area contributed by atoms with Gasteiger partial charge < -0.3 is 49.1 Å². The molecule has 40 heavy (non-hydrogen) atoms. The van der Waals surface area contributed by atoms with E-state index in [0.29, 0.717) is 31.4 Å². The number of unbranched alkanes of at least 4 members (excludes halogenated alkanes) is 1. The summed E-state index contributed by atoms with van der Waals surface area (Å²) >= 11 is 0. The summed E-state index contributed by atoms with van der Waals surface area (Å²) in [6.45, 7) is 4.02. The van der Waals surface area contributed by atoms with Crippen LogP contribution in [0.15, 0.2) is 29.3 Å². The van der Waals surface area contributed by atoms with E-state index < -0.39 is 53.8 Å². The molecular formula is C26H44N8O6. The lowest BCUT2D eigenvalue weighted by Crippen LogP contribution is -2.58. The van der Waals surface area contributed by atoms with Gasteiger partial charge in [0, 0.05) is 6.54 Å². The zero-order valence-corrected chi connectivity index (χ0v) is 23.1. The number of carbonyl (C=O) groups is 4. The molecule has 0 aliphatic carbocycles. The van der Waals surface area contributed by atoms with Gasteiger partial charge in [-0.3, -0.25) is 19.4 Å². The number of hydrogen-bond acceptors (Lipinski definition) is 8. The predicted molar refractivity (Wildman–Crippen MR) is 151 cm³/mol. The van der Waals surface area contributed by atoms with Crippen molar-refractivity contribution in [2.24, 2.45) is 33.8 Å². The molecule has 224 valence electrons. The minimum Gasteiger partial charge on any atom is -0.508 e. The van der Waals surface area contributed by atoms with Crippen LogP contribution in [0.5, 0.6) is 5.75 Å². The monoisotopic (exact) mass is 564 g/mol. The molecular weight excluding hydrogens is 520 g/mol. The van der Waals surface area contributed by atoms with Gasteiger partial charge in [0.1, 0.15) is 23.9 Å². The van der Waals surface area contributed by atoms with Crippen molar-refractivity contribution < 1.29 is 29.4 Å². The van der Waals surface area contributed by atoms with Crippen molar-refractivity contribution in [3.63, 3.8) is 0 Å². The molecule has 0 spiro atoms. The van der Waals surface area contributed by atoms with Crippen LogP contribution in [0.25, 0.3) is 0 Å². The molecule has 0 aromatic heterocycles. The first-order chi connectivity index (χ1) is 18.8. The summed E-state index contributed by atoms with van der Waals surface area (Å²) in [5.41, 5.74) is 23.0. The first-order valence-corrected chi connectivity index (χ1v) is 13.3. The number of carboxylic acid groups (broad SMARTS) is 1. The normalized spacial score (nSPS) is 13.9. The van der Waals surface area contributed by atoms with E-state index in [4.69, 9.17) is 22.9 Å². The van der Waals surface area contributed by atoms with Gasteiger partial charge in [0.15, 0.2) is 5.96 Å². The molecule has 1 aromatic rings. The van der Waals surface area contributed by atoms with Crippen LogP contribution < -0.4 is 38.9 Å². The molecule has 13 N–H and O–H groups in total. The molecule has 0 saturated heterocycles. The van der Waals surface area contributed by atoms with E-state index >= 15 is 0 Å². The van der Waals surface area contributed by atoms with E-state index in [9.17, 15) is 29.4 Å². The van der Waals surface area contributed by atoms with Crippen LogP contribution in [0.4, 0.5) is 0 Å². The van der Waals surface area contributed by atoms with Gasteiger partial charge in [-0.2, -0.15) is 0 Å². The predicted octanol–water partition coefficient (Wildman–Crippen LogP) is -1.36. The minimum absolute atomic E-state index is 0.0771. The lowest BCUT2D eigenvalue weighted by atomic mass is 10.0. The Morgan fingerprint density at radius 2 is 1.48 bits per heavy atom. The number of guanidine groups is 1. The molecule has 1 rings (SSSR count). The van der Waals surface area contributed by atoms with Crippen LogP contribution in [0, 0.1) is 5.92 Å². The van der Waals surface area contributed by atoms with Crippen molar-refractivity contribution in [3.05, 3.63) is 29.8 Å². The SMILES string of the molecule is CC(C)C(NC(=O)C(CCCN=C(N)N)NC(=O)C(N)Cc1ccc(O)cc1)C(=O)NC(CCCCN)C(=O)O. The second kappa shape index (κ2) is 17.6. The molecule has 0 radical (unpaired) electrons. The van der Waals surface area contributed by atoms with Crippen LogP contribution in [-0.2, 0) is 25.6 Å². The molecule has 0 aliphatic rings. The number of carbonyl (C=O) groups excluding carboxylic acids is 3. The number of phenolic OH excluding ortho intramolecular Hbond substituents is 1. The summed E-state index contributed by atoms with van der Waals surface area (Å²) < 4.78 is 0. The van der Waals surface area contributed by atoms with E-state index in [2.05, 4.69) is 20.9 Å². The van der Waals surface area contributed by atoms with Crippen molar-refractivity contribution in [2.75, 3.05) is 13.1 Å². The topological polar surface area (TPSA) is 261 Å². The Labute approximate surface area is 234 Å². The number of aliphatic carboxylic acids is 1. The zero-order chi connectivity index (χ0) is 30.2. The Kier molecular flexibility index (Phi) is 15.0. The van der Waals surface area contributed by atoms with E-state index in [1.54, 1.807) is 26.0 Å². The van der Waals surface area contributed by atoms with E-state index in [1.807, 2.05) is 0 Å². The number of nitrogens with one attached hydrogen (secondary N) is 3. The molecule has 3 amide bonds. The number of carboxylic acids is 1. The fraction of sp³-hybridized carbons (Fsp3) is 0.577. The second-order valence-corrected chi connectivity index (χ2v) is 9.90. The Morgan fingerprint density at radius 1 is 0.875 bits per heavy atom. The standard InChI is InChI=1S/C26H44N8O6/c1-15(2)21(24(38)33-20(25(39)40)6-3-4-12-27)34-23(37)19(7-5-13-31-26(29)30)32-22(36)18(28)14-16-8-10-17(35)11-9-16/h8-11,15,18-21,35H,3-7,12-14,27-28H2,1-2H3,(H,32,36)(H,33,38)(H,34,37)(H,39,40)(H4,29,30,31). The van der Waals surface area contributed by atoms with Gasteiger partial charge in [-0.15, -0.1) is 0 Å². The lowest BCUT2D eigenvalue weighted by molar-refractivity contribution is -0.142. The van der Waals surface area contributed by atoms with E-state index in [-0.39, 0.29) is 37.5 Å². The largest absolute Gasteiger partial charge is 0.508 e. The van der Waals surface area contributed by atoms with Crippen LogP contribution in [0.2, 0.25) is 0 Å². The minimum atomic E-state index is -1.19. The van der Waals surface area contributed by atoms with Crippen molar-refractivity contribution in [1.29, 1.82) is 0 Å². The summed E-state index contributed by atoms with van der Waals surface area (Å²) in [6.07, 6.45) is 1.96. The molecule has 0 heterocycles. The number of phenols is 1. The van der Waals surface area contributed by atoms with Crippen molar-refractivity contribution in [2.45, 2.75) is 76.5 Å². The number of rotatable bonds is 18. The summed E-state index contributed by atoms with van der Waals surface area (Å²) in [7, 11) is 0. The molecule has 0 aliphatic heterocycles. The highest BCUT2D eigenvalue weighted by Gasteiger charge is 2.31. The number of aliphatic imine (C=N–C) groups is 1. The van der Waals surface area contributed by atoms with Crippen LogP contribution in [-0.4, -0.2) is 77.1 Å². The molecule has 0 fully saturated rings. The molecule has 0 bridgehead atoms. The lowest BCUT2D eigenvalue weighted by Gasteiger charge is -2.27. The maximum absolute atomic E-state index is 13.3. The van der Waals surface area contributed by atoms with E-state index in [0.717, 1.165) is 0 Å². The summed E-state index contributed by atoms with van der Waals surface area (Å²) in [6, 6.07) is 1.96. The molecule has 14 heteroatoms. The van der Waals surface area contributed by atoms with Crippen LogP contribution in [0.3, 0.4) is 0 Å². The van der Waals surface area contributed by atoms with Gasteiger partial charge in [-0.25, -0.2) is 4.79 Å². The number of nitrogens with zero attached hydrogens (tertiary/aromatic N) is 1. The smallest absolute Gasteiger partial charge is 0.326 e. The molecule has 14 nitrogen and oxygen atoms in total. The van der Waals surface area contributed by atoms with Crippen LogP contribution >= 0.6 is 0 Å². The van der Waals surface area contributed by atoms with Crippen molar-refractivity contribution >= 4 is 29.7 Å². The van der Waals surface area contributed by atoms with Crippen molar-refractivity contribution in [3.8, 4) is 5.75 Å². The Hall–Kier alpha value is -3.91. The number of hydrogen-bond donors (Lipinski definition) is 9. The third kappa shape index (κ3) is 12.8. The second-order valence-electron chi connectivity index (χ2n) is 9.90. The van der Waals surface area contributed by atoms with Gasteiger partial charge >= 0.3 is 5.97 Å². The highest BCUT2D eigenvalue weighted by atomic mass is 16.4. The van der Waals surface area contributed by atoms with Crippen molar-refractivity contribution in [1.82, 2.24) is 16.0 Å². The highest BCUT2D eigenvalue weighted by molar-refractivity contribution is 5.94. The van der Waals surface area contributed by atoms with Gasteiger partial charge in [0.05, 0.1) is 6.04 Å². The highest BCUT2D eigenvalue weighted by Crippen LogP contribution is 2.12. The Morgan fingerprint density at radius 3 is 2.02 bits per heavy atom. The van der Waals surface area contributed by atoms with E-state index in [1.165, 1.54) is 12.1 Å². The first kappa shape index (κ1) is 34.1. The third-order valence-corrected chi connectivity index (χ3v) is 6.12. The van der Waals surface area contributed by atoms with Gasteiger partial charge in [-0.1, -0.05) is 26.0 Å². The molecule has 0 saturated carbocycles. The summed E-state index contributed by atoms with van der Waals surface area (Å²) in [5.74, 6) is -3.50.